The summed E-state index contributed by atoms with van der Waals surface area (Å²) in [5, 5.41) is 15.1. The van der Waals surface area contributed by atoms with Crippen LogP contribution in [0.25, 0.3) is 0 Å². The Labute approximate surface area is 301 Å². The van der Waals surface area contributed by atoms with Crippen molar-refractivity contribution < 1.29 is 18.8 Å². The number of amidine groups is 1. The topological polar surface area (TPSA) is 115 Å². The Morgan fingerprint density at radius 2 is 1.54 bits per heavy atom. The number of ether oxygens (including phenoxy) is 1. The number of nitriles is 1. The molecule has 6 rings (SSSR count). The number of hydrogen-bond acceptors (Lipinski definition) is 7. The van der Waals surface area contributed by atoms with Crippen LogP contribution in [0, 0.1) is 25.2 Å². The van der Waals surface area contributed by atoms with E-state index in [4.69, 9.17) is 37.5 Å². The molecule has 1 fully saturated rings. The normalized spacial score (nSPS) is 17.8. The molecule has 2 aliphatic rings. The summed E-state index contributed by atoms with van der Waals surface area (Å²) >= 11 is 12.6. The van der Waals surface area contributed by atoms with E-state index in [1.807, 2.05) is 75.4 Å². The number of aryl methyl sites for hydroxylation is 2. The van der Waals surface area contributed by atoms with E-state index in [2.05, 4.69) is 11.2 Å². The predicted molar refractivity (Wildman–Crippen MR) is 192 cm³/mol. The number of benzene rings is 3. The second kappa shape index (κ2) is 14.2. The molecule has 10 nitrogen and oxygen atoms in total. The van der Waals surface area contributed by atoms with Crippen LogP contribution < -0.4 is 4.74 Å². The average molecular weight is 714 g/mol. The van der Waals surface area contributed by atoms with E-state index < -0.39 is 17.5 Å². The van der Waals surface area contributed by atoms with Crippen molar-refractivity contribution in [3.8, 4) is 11.8 Å². The maximum absolute atomic E-state index is 15.0. The molecule has 0 unspecified atom stereocenters. The molecule has 0 spiro atoms. The molecule has 0 N–H and O–H groups in total. The number of amides is 3. The summed E-state index contributed by atoms with van der Waals surface area (Å²) in [5.41, 5.74) is 3.24. The summed E-state index contributed by atoms with van der Waals surface area (Å²) in [6.45, 7) is 10.7. The molecule has 258 valence electrons. The molecule has 3 heterocycles. The van der Waals surface area contributed by atoms with E-state index in [0.717, 1.165) is 16.7 Å². The maximum Gasteiger partial charge on any atom is 0.326 e. The minimum Gasteiger partial charge on any atom is -0.493 e. The van der Waals surface area contributed by atoms with Crippen LogP contribution in [0.5, 0.6) is 5.75 Å². The van der Waals surface area contributed by atoms with Crippen LogP contribution >= 0.6 is 23.2 Å². The van der Waals surface area contributed by atoms with E-state index in [0.29, 0.717) is 77.0 Å². The quantitative estimate of drug-likeness (QED) is 0.192. The van der Waals surface area contributed by atoms with Gasteiger partial charge in [-0.15, -0.1) is 0 Å². The van der Waals surface area contributed by atoms with Crippen molar-refractivity contribution in [2.24, 2.45) is 4.99 Å². The van der Waals surface area contributed by atoms with Gasteiger partial charge in [0.15, 0.2) is 0 Å². The van der Waals surface area contributed by atoms with Crippen molar-refractivity contribution in [3.05, 3.63) is 116 Å². The fourth-order valence-corrected chi connectivity index (χ4v) is 6.75. The number of hydrogen-bond donors (Lipinski definition) is 0. The van der Waals surface area contributed by atoms with Gasteiger partial charge in [0, 0.05) is 36.2 Å². The summed E-state index contributed by atoms with van der Waals surface area (Å²) < 4.78 is 11.4. The number of carbonyl (C=O) groups excluding carboxylic acids is 2. The molecule has 0 saturated carbocycles. The third kappa shape index (κ3) is 6.68. The van der Waals surface area contributed by atoms with E-state index >= 15 is 0 Å². The lowest BCUT2D eigenvalue weighted by Crippen LogP contribution is -2.55. The monoisotopic (exact) mass is 712 g/mol. The first-order valence-electron chi connectivity index (χ1n) is 16.5. The maximum atomic E-state index is 15.0. The number of nitrogens with zero attached hydrogens (tertiary/aromatic N) is 6. The first kappa shape index (κ1) is 35.0. The highest BCUT2D eigenvalue weighted by atomic mass is 35.5. The minimum absolute atomic E-state index is 0.170. The lowest BCUT2D eigenvalue weighted by molar-refractivity contribution is 0.0644. The lowest BCUT2D eigenvalue weighted by Gasteiger charge is -2.39. The third-order valence-electron chi connectivity index (χ3n) is 9.30. The van der Waals surface area contributed by atoms with Crippen LogP contribution in [0.3, 0.4) is 0 Å². The smallest absolute Gasteiger partial charge is 0.326 e. The molecule has 50 heavy (non-hydrogen) atoms. The number of urea groups is 1. The zero-order chi connectivity index (χ0) is 35.7. The Balaban J connectivity index is 1.45. The molecule has 0 aliphatic carbocycles. The number of piperazine rings is 1. The number of carbonyl (C=O) groups is 2. The Kier molecular flexibility index (Phi) is 9.92. The molecule has 4 aromatic rings. The first-order valence-corrected chi connectivity index (χ1v) is 17.3. The Hall–Kier alpha value is -4.85. The summed E-state index contributed by atoms with van der Waals surface area (Å²) in [4.78, 5) is 38.9. The van der Waals surface area contributed by atoms with Gasteiger partial charge in [-0.2, -0.15) is 5.26 Å². The molecule has 0 bridgehead atoms. The number of halogens is 2. The van der Waals surface area contributed by atoms with Crippen LogP contribution in [0.15, 0.2) is 76.2 Å². The number of aromatic nitrogens is 1. The van der Waals surface area contributed by atoms with Crippen LogP contribution in [0.4, 0.5) is 4.79 Å². The molecular weight excluding hydrogens is 675 g/mol. The Morgan fingerprint density at radius 1 is 0.940 bits per heavy atom. The van der Waals surface area contributed by atoms with Gasteiger partial charge in [0.25, 0.3) is 5.91 Å². The highest BCUT2D eigenvalue weighted by Gasteiger charge is 2.45. The van der Waals surface area contributed by atoms with Gasteiger partial charge in [0.2, 0.25) is 0 Å². The third-order valence-corrected chi connectivity index (χ3v) is 9.81. The van der Waals surface area contributed by atoms with Gasteiger partial charge in [-0.05, 0) is 87.7 Å². The summed E-state index contributed by atoms with van der Waals surface area (Å²) in [7, 11) is 0. The summed E-state index contributed by atoms with van der Waals surface area (Å²) in [6, 6.07) is 21.5. The molecule has 2 aliphatic heterocycles. The Morgan fingerprint density at radius 3 is 2.10 bits per heavy atom. The molecule has 3 amide bonds. The van der Waals surface area contributed by atoms with Crippen molar-refractivity contribution in [2.45, 2.75) is 52.1 Å². The second-order valence-corrected chi connectivity index (χ2v) is 13.8. The van der Waals surface area contributed by atoms with E-state index in [-0.39, 0.29) is 11.9 Å². The largest absolute Gasteiger partial charge is 0.493 e. The second-order valence-electron chi connectivity index (χ2n) is 13.0. The van der Waals surface area contributed by atoms with Gasteiger partial charge in [-0.3, -0.25) is 14.7 Å². The molecule has 12 heteroatoms. The van der Waals surface area contributed by atoms with Crippen LogP contribution in [0.1, 0.15) is 76.9 Å². The standard InChI is InChI=1S/C38H38Cl2N6O4/c1-6-49-31-16-11-27(38(4,5)22-41)21-30(31)35-42-33(25-7-12-28(39)13-8-25)34(26-9-14-29(40)15-10-26)46(35)37(48)45-19-17-44(18-20-45)36(47)32-23(2)43-50-24(32)3/h7-16,21,33-34H,6,17-20H2,1-5H3/t33-,34+/m0/s1. The summed E-state index contributed by atoms with van der Waals surface area (Å²) in [6.07, 6.45) is 0. The van der Waals surface area contributed by atoms with Gasteiger partial charge >= 0.3 is 6.03 Å². The van der Waals surface area contributed by atoms with Gasteiger partial charge in [0.05, 0.1) is 35.4 Å². The summed E-state index contributed by atoms with van der Waals surface area (Å²) in [5.74, 6) is 1.26. The highest BCUT2D eigenvalue weighted by Crippen LogP contribution is 2.46. The molecular formula is C38H38Cl2N6O4. The van der Waals surface area contributed by atoms with Gasteiger partial charge < -0.3 is 19.1 Å². The first-order chi connectivity index (χ1) is 23.9. The number of rotatable bonds is 7. The fourth-order valence-electron chi connectivity index (χ4n) is 6.49. The van der Waals surface area contributed by atoms with Crippen molar-refractivity contribution in [1.82, 2.24) is 19.9 Å². The molecule has 0 radical (unpaired) electrons. The molecule has 3 aromatic carbocycles. The van der Waals surface area contributed by atoms with Crippen LogP contribution in [-0.4, -0.2) is 70.4 Å². The van der Waals surface area contributed by atoms with Crippen molar-refractivity contribution in [2.75, 3.05) is 32.8 Å². The predicted octanol–water partition coefficient (Wildman–Crippen LogP) is 7.92. The van der Waals surface area contributed by atoms with E-state index in [1.165, 1.54) is 0 Å². The van der Waals surface area contributed by atoms with Gasteiger partial charge in [-0.25, -0.2) is 4.79 Å². The Bertz CT molecular complexity index is 1960. The van der Waals surface area contributed by atoms with Crippen LogP contribution in [-0.2, 0) is 5.41 Å². The fraction of sp³-hybridized carbons (Fsp3) is 0.342. The molecule has 1 aromatic heterocycles. The van der Waals surface area contributed by atoms with E-state index in [9.17, 15) is 14.9 Å². The van der Waals surface area contributed by atoms with Crippen molar-refractivity contribution in [3.63, 3.8) is 0 Å². The SMILES string of the molecule is CCOc1ccc(C(C)(C)C#N)cc1C1=N[C@@H](c2ccc(Cl)cc2)[C@@H](c2ccc(Cl)cc2)N1C(=O)N1CCN(C(=O)c2c(C)noc2C)CC1. The van der Waals surface area contributed by atoms with E-state index in [1.54, 1.807) is 40.7 Å². The zero-order valence-corrected chi connectivity index (χ0v) is 30.1. The molecule has 2 atom stereocenters. The van der Waals surface area contributed by atoms with Gasteiger partial charge in [0.1, 0.15) is 29.0 Å². The minimum atomic E-state index is -0.817. The number of aliphatic imine (C=N–C) groups is 1. The zero-order valence-electron chi connectivity index (χ0n) is 28.6. The van der Waals surface area contributed by atoms with Crippen molar-refractivity contribution >= 4 is 41.0 Å². The lowest BCUT2D eigenvalue weighted by atomic mass is 9.85. The average Bonchev–Trinajstić information content (AvgIpc) is 3.68. The van der Waals surface area contributed by atoms with Gasteiger partial charge in [-0.1, -0.05) is 58.7 Å². The van der Waals surface area contributed by atoms with Crippen LogP contribution in [0.2, 0.25) is 10.0 Å². The van der Waals surface area contributed by atoms with Crippen molar-refractivity contribution in [1.29, 1.82) is 5.26 Å². The highest BCUT2D eigenvalue weighted by molar-refractivity contribution is 6.30. The molecule has 1 saturated heterocycles.